The number of rotatable bonds is 6. The van der Waals surface area contributed by atoms with E-state index >= 15 is 0 Å². The lowest BCUT2D eigenvalue weighted by atomic mass is 10.2. The van der Waals surface area contributed by atoms with E-state index in [9.17, 15) is 9.59 Å². The standard InChI is InChI=1S/C18H18Cl2N2O3/c1-11(2)18(24)22-15-5-3-14(4-6-15)21-17(23)10-25-16-8-12(19)7-13(20)9-16/h3-9,11H,10H2,1-2H3,(H,21,23)(H,22,24). The fraction of sp³-hybridized carbons (Fsp3) is 0.222. The van der Waals surface area contributed by atoms with Crippen LogP contribution in [-0.4, -0.2) is 18.4 Å². The van der Waals surface area contributed by atoms with Crippen LogP contribution in [0.15, 0.2) is 42.5 Å². The molecular formula is C18H18Cl2N2O3. The fourth-order valence-corrected chi connectivity index (χ4v) is 2.39. The summed E-state index contributed by atoms with van der Waals surface area (Å²) in [6.07, 6.45) is 0. The second-order valence-electron chi connectivity index (χ2n) is 5.66. The van der Waals surface area contributed by atoms with Crippen LogP contribution in [0.1, 0.15) is 13.8 Å². The Bertz CT molecular complexity index is 741. The predicted octanol–water partition coefficient (Wildman–Crippen LogP) is 4.61. The summed E-state index contributed by atoms with van der Waals surface area (Å²) in [5.41, 5.74) is 1.27. The first-order valence-electron chi connectivity index (χ1n) is 7.63. The highest BCUT2D eigenvalue weighted by molar-refractivity contribution is 6.34. The van der Waals surface area contributed by atoms with E-state index in [2.05, 4.69) is 10.6 Å². The first-order chi connectivity index (χ1) is 11.8. The molecule has 0 bridgehead atoms. The summed E-state index contributed by atoms with van der Waals surface area (Å²) in [6, 6.07) is 11.6. The van der Waals surface area contributed by atoms with Gasteiger partial charge in [0.2, 0.25) is 5.91 Å². The van der Waals surface area contributed by atoms with Gasteiger partial charge < -0.3 is 15.4 Å². The Balaban J connectivity index is 1.87. The van der Waals surface area contributed by atoms with Crippen molar-refractivity contribution in [3.8, 4) is 5.75 Å². The molecule has 2 N–H and O–H groups in total. The summed E-state index contributed by atoms with van der Waals surface area (Å²) < 4.78 is 5.37. The number of nitrogens with one attached hydrogen (secondary N) is 2. The molecule has 0 saturated carbocycles. The summed E-state index contributed by atoms with van der Waals surface area (Å²) in [6.45, 7) is 3.45. The zero-order chi connectivity index (χ0) is 18.4. The predicted molar refractivity (Wildman–Crippen MR) is 100 cm³/mol. The highest BCUT2D eigenvalue weighted by Crippen LogP contribution is 2.24. The fourth-order valence-electron chi connectivity index (χ4n) is 1.88. The number of carbonyl (C=O) groups excluding carboxylic acids is 2. The van der Waals surface area contributed by atoms with Gasteiger partial charge in [-0.3, -0.25) is 9.59 Å². The van der Waals surface area contributed by atoms with Crippen molar-refractivity contribution in [2.24, 2.45) is 5.92 Å². The van der Waals surface area contributed by atoms with E-state index in [4.69, 9.17) is 27.9 Å². The first kappa shape index (κ1) is 19.1. The van der Waals surface area contributed by atoms with Crippen molar-refractivity contribution in [1.29, 1.82) is 0 Å². The van der Waals surface area contributed by atoms with Gasteiger partial charge in [0.1, 0.15) is 5.75 Å². The number of anilines is 2. The normalized spacial score (nSPS) is 10.4. The highest BCUT2D eigenvalue weighted by atomic mass is 35.5. The molecule has 0 radical (unpaired) electrons. The number of hydrogen-bond donors (Lipinski definition) is 2. The van der Waals surface area contributed by atoms with Gasteiger partial charge in [0, 0.05) is 27.3 Å². The molecule has 0 heterocycles. The van der Waals surface area contributed by atoms with E-state index in [0.717, 1.165) is 0 Å². The molecular weight excluding hydrogens is 363 g/mol. The summed E-state index contributed by atoms with van der Waals surface area (Å²) >= 11 is 11.7. The molecule has 7 heteroatoms. The summed E-state index contributed by atoms with van der Waals surface area (Å²) in [4.78, 5) is 23.6. The second-order valence-corrected chi connectivity index (χ2v) is 6.54. The van der Waals surface area contributed by atoms with Gasteiger partial charge in [0.25, 0.3) is 5.91 Å². The van der Waals surface area contributed by atoms with Crippen molar-refractivity contribution >= 4 is 46.4 Å². The van der Waals surface area contributed by atoms with E-state index in [1.165, 1.54) is 0 Å². The Morgan fingerprint density at radius 1 is 0.960 bits per heavy atom. The quantitative estimate of drug-likeness (QED) is 0.768. The molecule has 0 spiro atoms. The Morgan fingerprint density at radius 3 is 2.00 bits per heavy atom. The smallest absolute Gasteiger partial charge is 0.262 e. The molecule has 0 unspecified atom stereocenters. The van der Waals surface area contributed by atoms with Gasteiger partial charge in [0.15, 0.2) is 6.61 Å². The van der Waals surface area contributed by atoms with Gasteiger partial charge >= 0.3 is 0 Å². The molecule has 2 rings (SSSR count). The van der Waals surface area contributed by atoms with Gasteiger partial charge in [-0.25, -0.2) is 0 Å². The van der Waals surface area contributed by atoms with Crippen LogP contribution in [0.3, 0.4) is 0 Å². The summed E-state index contributed by atoms with van der Waals surface area (Å²) in [7, 11) is 0. The Labute approximate surface area is 156 Å². The average molecular weight is 381 g/mol. The monoisotopic (exact) mass is 380 g/mol. The third-order valence-corrected chi connectivity index (χ3v) is 3.60. The number of halogens is 2. The molecule has 0 aromatic heterocycles. The van der Waals surface area contributed by atoms with Crippen LogP contribution in [0, 0.1) is 5.92 Å². The van der Waals surface area contributed by atoms with Crippen LogP contribution in [-0.2, 0) is 9.59 Å². The molecule has 0 atom stereocenters. The largest absolute Gasteiger partial charge is 0.484 e. The number of carbonyl (C=O) groups is 2. The third kappa shape index (κ3) is 6.29. The van der Waals surface area contributed by atoms with E-state index in [0.29, 0.717) is 27.2 Å². The number of ether oxygens (including phenoxy) is 1. The zero-order valence-corrected chi connectivity index (χ0v) is 15.3. The molecule has 0 saturated heterocycles. The van der Waals surface area contributed by atoms with E-state index in [1.54, 1.807) is 42.5 Å². The van der Waals surface area contributed by atoms with Gasteiger partial charge in [-0.1, -0.05) is 37.0 Å². The highest BCUT2D eigenvalue weighted by Gasteiger charge is 2.08. The molecule has 0 aliphatic rings. The molecule has 2 aromatic rings. The maximum Gasteiger partial charge on any atom is 0.262 e. The van der Waals surface area contributed by atoms with Crippen LogP contribution in [0.4, 0.5) is 11.4 Å². The lowest BCUT2D eigenvalue weighted by Gasteiger charge is -2.10. The first-order valence-corrected chi connectivity index (χ1v) is 8.39. The van der Waals surface area contributed by atoms with Crippen LogP contribution in [0.2, 0.25) is 10.0 Å². The Morgan fingerprint density at radius 2 is 1.48 bits per heavy atom. The lowest BCUT2D eigenvalue weighted by Crippen LogP contribution is -2.20. The zero-order valence-electron chi connectivity index (χ0n) is 13.8. The lowest BCUT2D eigenvalue weighted by molar-refractivity contribution is -0.119. The minimum atomic E-state index is -0.324. The average Bonchev–Trinajstić information content (AvgIpc) is 2.54. The Hall–Kier alpha value is -2.24. The minimum absolute atomic E-state index is 0.0645. The van der Waals surface area contributed by atoms with Crippen LogP contribution >= 0.6 is 23.2 Å². The van der Waals surface area contributed by atoms with Crippen LogP contribution in [0.5, 0.6) is 5.75 Å². The van der Waals surface area contributed by atoms with Crippen molar-refractivity contribution in [2.45, 2.75) is 13.8 Å². The minimum Gasteiger partial charge on any atom is -0.484 e. The Kier molecular flexibility index (Phi) is 6.67. The topological polar surface area (TPSA) is 67.4 Å². The van der Waals surface area contributed by atoms with Crippen molar-refractivity contribution in [1.82, 2.24) is 0 Å². The van der Waals surface area contributed by atoms with E-state index in [-0.39, 0.29) is 24.3 Å². The molecule has 2 aromatic carbocycles. The van der Waals surface area contributed by atoms with Crippen molar-refractivity contribution in [2.75, 3.05) is 17.2 Å². The molecule has 0 fully saturated rings. The molecule has 2 amide bonds. The van der Waals surface area contributed by atoms with Gasteiger partial charge in [-0.15, -0.1) is 0 Å². The van der Waals surface area contributed by atoms with Gasteiger partial charge in [-0.2, -0.15) is 0 Å². The van der Waals surface area contributed by atoms with Crippen molar-refractivity contribution in [3.05, 3.63) is 52.5 Å². The number of amides is 2. The maximum atomic E-state index is 11.9. The SMILES string of the molecule is CC(C)C(=O)Nc1ccc(NC(=O)COc2cc(Cl)cc(Cl)c2)cc1. The summed E-state index contributed by atoms with van der Waals surface area (Å²) in [5.74, 6) is -0.0728. The molecule has 25 heavy (non-hydrogen) atoms. The van der Waals surface area contributed by atoms with Crippen molar-refractivity contribution in [3.63, 3.8) is 0 Å². The molecule has 0 aliphatic heterocycles. The van der Waals surface area contributed by atoms with Gasteiger partial charge in [0.05, 0.1) is 0 Å². The van der Waals surface area contributed by atoms with Crippen LogP contribution in [0.25, 0.3) is 0 Å². The van der Waals surface area contributed by atoms with Gasteiger partial charge in [-0.05, 0) is 42.5 Å². The summed E-state index contributed by atoms with van der Waals surface area (Å²) in [5, 5.41) is 6.34. The van der Waals surface area contributed by atoms with E-state index in [1.807, 2.05) is 13.8 Å². The maximum absolute atomic E-state index is 11.9. The number of hydrogen-bond acceptors (Lipinski definition) is 3. The van der Waals surface area contributed by atoms with Crippen molar-refractivity contribution < 1.29 is 14.3 Å². The molecule has 0 aliphatic carbocycles. The molecule has 5 nitrogen and oxygen atoms in total. The number of benzene rings is 2. The van der Waals surface area contributed by atoms with E-state index < -0.39 is 0 Å². The van der Waals surface area contributed by atoms with Crippen LogP contribution < -0.4 is 15.4 Å². The second kappa shape index (κ2) is 8.74. The molecule has 132 valence electrons. The third-order valence-electron chi connectivity index (χ3n) is 3.17.